The predicted octanol–water partition coefficient (Wildman–Crippen LogP) is 5.15. The number of carbonyl (C=O) groups excluding carboxylic acids is 2. The lowest BCUT2D eigenvalue weighted by Gasteiger charge is -2.15. The molecule has 1 aliphatic rings. The topological polar surface area (TPSA) is 58.6 Å². The molecule has 0 unspecified atom stereocenters. The van der Waals surface area contributed by atoms with Gasteiger partial charge in [-0.3, -0.25) is 14.5 Å². The van der Waals surface area contributed by atoms with E-state index in [1.165, 1.54) is 4.90 Å². The van der Waals surface area contributed by atoms with Gasteiger partial charge in [-0.2, -0.15) is 0 Å². The van der Waals surface area contributed by atoms with E-state index in [0.717, 1.165) is 34.3 Å². The monoisotopic (exact) mass is 402 g/mol. The van der Waals surface area contributed by atoms with Crippen LogP contribution in [-0.2, 0) is 4.79 Å². The summed E-state index contributed by atoms with van der Waals surface area (Å²) in [5.41, 5.74) is 2.55. The van der Waals surface area contributed by atoms with Gasteiger partial charge >= 0.3 is 0 Å². The molecule has 27 heavy (non-hydrogen) atoms. The van der Waals surface area contributed by atoms with Crippen LogP contribution in [0.3, 0.4) is 0 Å². The molecule has 0 bridgehead atoms. The number of carbonyl (C=O) groups is 2. The Morgan fingerprint density at radius 1 is 1.19 bits per heavy atom. The van der Waals surface area contributed by atoms with Gasteiger partial charge in [0.2, 0.25) is 0 Å². The van der Waals surface area contributed by atoms with Crippen LogP contribution in [0.2, 0.25) is 5.02 Å². The molecular formula is C20H19ClN2O3S. The summed E-state index contributed by atoms with van der Waals surface area (Å²) >= 11 is 7.03. The SMILES string of the molecule is CCOc1ccc(C=C2SC(=O)N(CNc3ccc(C)c(Cl)c3)C2=O)cc1. The summed E-state index contributed by atoms with van der Waals surface area (Å²) in [4.78, 5) is 26.3. The third kappa shape index (κ3) is 4.64. The Morgan fingerprint density at radius 3 is 2.59 bits per heavy atom. The van der Waals surface area contributed by atoms with Gasteiger partial charge in [0.1, 0.15) is 5.75 Å². The number of hydrogen-bond donors (Lipinski definition) is 1. The molecule has 2 amide bonds. The fraction of sp³-hybridized carbons (Fsp3) is 0.200. The van der Waals surface area contributed by atoms with E-state index in [4.69, 9.17) is 16.3 Å². The van der Waals surface area contributed by atoms with E-state index in [0.29, 0.717) is 16.5 Å². The zero-order valence-corrected chi connectivity index (χ0v) is 16.6. The molecule has 2 aromatic rings. The molecule has 0 aliphatic carbocycles. The normalized spacial score (nSPS) is 15.5. The van der Waals surface area contributed by atoms with Crippen LogP contribution in [0.25, 0.3) is 6.08 Å². The van der Waals surface area contributed by atoms with Crippen LogP contribution in [0, 0.1) is 6.92 Å². The quantitative estimate of drug-likeness (QED) is 0.677. The number of imide groups is 1. The molecule has 0 saturated carbocycles. The summed E-state index contributed by atoms with van der Waals surface area (Å²) in [7, 11) is 0. The number of amides is 2. The minimum Gasteiger partial charge on any atom is -0.494 e. The average Bonchev–Trinajstić information content (AvgIpc) is 2.91. The number of ether oxygens (including phenoxy) is 1. The first-order valence-corrected chi connectivity index (χ1v) is 9.65. The summed E-state index contributed by atoms with van der Waals surface area (Å²) < 4.78 is 5.40. The van der Waals surface area contributed by atoms with E-state index in [9.17, 15) is 9.59 Å². The number of nitrogens with zero attached hydrogens (tertiary/aromatic N) is 1. The first-order valence-electron chi connectivity index (χ1n) is 8.46. The summed E-state index contributed by atoms with van der Waals surface area (Å²) in [5.74, 6) is 0.452. The van der Waals surface area contributed by atoms with Crippen LogP contribution in [0.1, 0.15) is 18.1 Å². The molecule has 5 nitrogen and oxygen atoms in total. The number of rotatable bonds is 6. The second kappa shape index (κ2) is 8.50. The minimum absolute atomic E-state index is 0.0880. The zero-order valence-electron chi connectivity index (χ0n) is 15.0. The summed E-state index contributed by atoms with van der Waals surface area (Å²) in [5, 5.41) is 3.39. The van der Waals surface area contributed by atoms with Crippen molar-refractivity contribution in [1.29, 1.82) is 0 Å². The van der Waals surface area contributed by atoms with Crippen molar-refractivity contribution >= 4 is 46.3 Å². The van der Waals surface area contributed by atoms with Crippen LogP contribution >= 0.6 is 23.4 Å². The molecule has 0 spiro atoms. The molecule has 1 heterocycles. The Labute approximate surface area is 167 Å². The van der Waals surface area contributed by atoms with Crippen LogP contribution < -0.4 is 10.1 Å². The van der Waals surface area contributed by atoms with E-state index < -0.39 is 0 Å². The molecule has 1 N–H and O–H groups in total. The van der Waals surface area contributed by atoms with Crippen LogP contribution in [-0.4, -0.2) is 29.3 Å². The molecule has 1 saturated heterocycles. The van der Waals surface area contributed by atoms with Gasteiger partial charge in [-0.15, -0.1) is 0 Å². The maximum atomic E-state index is 12.6. The molecular weight excluding hydrogens is 384 g/mol. The molecule has 0 atom stereocenters. The van der Waals surface area contributed by atoms with Gasteiger partial charge in [0, 0.05) is 10.7 Å². The van der Waals surface area contributed by atoms with Crippen molar-refractivity contribution in [3.05, 3.63) is 63.5 Å². The fourth-order valence-corrected chi connectivity index (χ4v) is 3.51. The molecule has 140 valence electrons. The molecule has 3 rings (SSSR count). The molecule has 1 aliphatic heterocycles. The highest BCUT2D eigenvalue weighted by molar-refractivity contribution is 8.18. The Morgan fingerprint density at radius 2 is 1.93 bits per heavy atom. The highest BCUT2D eigenvalue weighted by atomic mass is 35.5. The number of benzene rings is 2. The first-order chi connectivity index (χ1) is 13.0. The van der Waals surface area contributed by atoms with Crippen molar-refractivity contribution in [3.8, 4) is 5.75 Å². The van der Waals surface area contributed by atoms with Gasteiger partial charge in [0.15, 0.2) is 0 Å². The van der Waals surface area contributed by atoms with Gasteiger partial charge < -0.3 is 10.1 Å². The first kappa shape index (κ1) is 19.3. The van der Waals surface area contributed by atoms with Crippen molar-refractivity contribution in [2.24, 2.45) is 0 Å². The molecule has 1 fully saturated rings. The van der Waals surface area contributed by atoms with Gasteiger partial charge in [0.25, 0.3) is 11.1 Å². The lowest BCUT2D eigenvalue weighted by molar-refractivity contribution is -0.122. The van der Waals surface area contributed by atoms with Gasteiger partial charge in [-0.25, -0.2) is 0 Å². The van der Waals surface area contributed by atoms with Crippen molar-refractivity contribution in [2.75, 3.05) is 18.6 Å². The third-order valence-electron chi connectivity index (χ3n) is 3.98. The number of hydrogen-bond acceptors (Lipinski definition) is 5. The van der Waals surface area contributed by atoms with Crippen LogP contribution in [0.5, 0.6) is 5.75 Å². The molecule has 2 aromatic carbocycles. The van der Waals surface area contributed by atoms with Gasteiger partial charge in [-0.1, -0.05) is 29.8 Å². The highest BCUT2D eigenvalue weighted by Crippen LogP contribution is 2.32. The number of thioether (sulfide) groups is 1. The fourth-order valence-electron chi connectivity index (χ4n) is 2.49. The summed E-state index contributed by atoms with van der Waals surface area (Å²) in [6.45, 7) is 4.51. The Kier molecular flexibility index (Phi) is 6.08. The summed E-state index contributed by atoms with van der Waals surface area (Å²) in [6, 6.07) is 12.9. The van der Waals surface area contributed by atoms with Crippen molar-refractivity contribution < 1.29 is 14.3 Å². The van der Waals surface area contributed by atoms with Crippen molar-refractivity contribution in [3.63, 3.8) is 0 Å². The van der Waals surface area contributed by atoms with Crippen LogP contribution in [0.15, 0.2) is 47.4 Å². The number of halogens is 1. The highest BCUT2D eigenvalue weighted by Gasteiger charge is 2.34. The second-order valence-corrected chi connectivity index (χ2v) is 7.31. The van der Waals surface area contributed by atoms with E-state index >= 15 is 0 Å². The maximum absolute atomic E-state index is 12.6. The van der Waals surface area contributed by atoms with E-state index in [1.54, 1.807) is 12.1 Å². The van der Waals surface area contributed by atoms with Gasteiger partial charge in [0.05, 0.1) is 18.2 Å². The largest absolute Gasteiger partial charge is 0.494 e. The number of anilines is 1. The van der Waals surface area contributed by atoms with E-state index in [-0.39, 0.29) is 17.8 Å². The Hall–Kier alpha value is -2.44. The zero-order chi connectivity index (χ0) is 19.4. The van der Waals surface area contributed by atoms with E-state index in [1.807, 2.05) is 50.2 Å². The Bertz CT molecular complexity index is 897. The predicted molar refractivity (Wildman–Crippen MR) is 110 cm³/mol. The molecule has 7 heteroatoms. The standard InChI is InChI=1S/C20H19ClN2O3S/c1-3-26-16-8-5-14(6-9-16)10-18-19(24)23(20(25)27-18)12-22-15-7-4-13(2)17(21)11-15/h4-11,22H,3,12H2,1-2H3. The lowest BCUT2D eigenvalue weighted by Crippen LogP contribution is -2.33. The Balaban J connectivity index is 1.67. The third-order valence-corrected chi connectivity index (χ3v) is 5.29. The van der Waals surface area contributed by atoms with Crippen molar-refractivity contribution in [1.82, 2.24) is 4.90 Å². The number of aryl methyl sites for hydroxylation is 1. The average molecular weight is 403 g/mol. The molecule has 0 aromatic heterocycles. The smallest absolute Gasteiger partial charge is 0.295 e. The van der Waals surface area contributed by atoms with Gasteiger partial charge in [-0.05, 0) is 67.1 Å². The minimum atomic E-state index is -0.315. The molecule has 0 radical (unpaired) electrons. The maximum Gasteiger partial charge on any atom is 0.295 e. The summed E-state index contributed by atoms with van der Waals surface area (Å²) in [6.07, 6.45) is 1.71. The lowest BCUT2D eigenvalue weighted by atomic mass is 10.2. The van der Waals surface area contributed by atoms with Crippen molar-refractivity contribution in [2.45, 2.75) is 13.8 Å². The second-order valence-electron chi connectivity index (χ2n) is 5.91. The number of nitrogens with one attached hydrogen (secondary N) is 1. The van der Waals surface area contributed by atoms with Crippen LogP contribution in [0.4, 0.5) is 10.5 Å². The van der Waals surface area contributed by atoms with E-state index in [2.05, 4.69) is 5.32 Å².